The molecule has 0 aliphatic heterocycles. The number of carbonyl (C=O) groups excluding carboxylic acids is 1. The van der Waals surface area contributed by atoms with E-state index in [-0.39, 0.29) is 29.1 Å². The van der Waals surface area contributed by atoms with E-state index < -0.39 is 40.2 Å². The summed E-state index contributed by atoms with van der Waals surface area (Å²) >= 11 is 0. The number of aryl methyl sites for hydroxylation is 1. The highest BCUT2D eigenvalue weighted by molar-refractivity contribution is 5.89. The number of hydrogen-bond donors (Lipinski definition) is 5. The molecule has 12 nitrogen and oxygen atoms in total. The van der Waals surface area contributed by atoms with Crippen LogP contribution in [0, 0.1) is 6.92 Å². The fourth-order valence-corrected chi connectivity index (χ4v) is 7.75. The van der Waals surface area contributed by atoms with Crippen molar-refractivity contribution >= 4 is 5.97 Å². The van der Waals surface area contributed by atoms with Crippen molar-refractivity contribution in [1.29, 1.82) is 0 Å². The zero-order valence-corrected chi connectivity index (χ0v) is 27.2. The van der Waals surface area contributed by atoms with E-state index in [1.807, 2.05) is 37.3 Å². The van der Waals surface area contributed by atoms with Gasteiger partial charge in [0.25, 0.3) is 11.1 Å². The molecule has 0 spiro atoms. The van der Waals surface area contributed by atoms with Crippen molar-refractivity contribution in [3.05, 3.63) is 109 Å². The molecule has 0 bridgehead atoms. The van der Waals surface area contributed by atoms with Crippen LogP contribution in [0.1, 0.15) is 102 Å². The van der Waals surface area contributed by atoms with Crippen LogP contribution < -0.4 is 21.6 Å². The maximum absolute atomic E-state index is 13.6. The Balaban J connectivity index is 1.33. The van der Waals surface area contributed by atoms with Gasteiger partial charge in [0.1, 0.15) is 29.3 Å². The Morgan fingerprint density at radius 3 is 2.17 bits per heavy atom. The topological polar surface area (TPSA) is 194 Å². The minimum Gasteiger partial charge on any atom is -0.501 e. The number of methoxy groups -OCH3 is 1. The molecule has 2 aromatic carbocycles. The molecule has 2 aromatic heterocycles. The average molecular weight is 656 g/mol. The lowest BCUT2D eigenvalue weighted by molar-refractivity contribution is 0.0589. The van der Waals surface area contributed by atoms with Gasteiger partial charge >= 0.3 is 5.97 Å². The molecule has 1 atom stereocenters. The van der Waals surface area contributed by atoms with Gasteiger partial charge in [-0.15, -0.1) is 0 Å². The third kappa shape index (κ3) is 6.37. The molecule has 12 heteroatoms. The van der Waals surface area contributed by atoms with Gasteiger partial charge in [-0.25, -0.2) is 14.8 Å². The molecule has 2 fully saturated rings. The molecule has 2 aliphatic rings. The van der Waals surface area contributed by atoms with E-state index in [0.717, 1.165) is 69.6 Å². The van der Waals surface area contributed by atoms with Crippen molar-refractivity contribution in [2.75, 3.05) is 7.11 Å². The van der Waals surface area contributed by atoms with Gasteiger partial charge < -0.3 is 35.4 Å². The van der Waals surface area contributed by atoms with E-state index in [1.54, 1.807) is 6.07 Å². The SMILES string of the molecule is COC(=O)c1nc(CC2(c3cc(Oc4c(C(N)O)nc(CC5(c6ccccc6)CCCC5)[nH]c4=O)ccc3C)CCCC2)[nH]c(=O)c1O. The van der Waals surface area contributed by atoms with E-state index >= 15 is 0 Å². The van der Waals surface area contributed by atoms with Crippen molar-refractivity contribution < 1.29 is 24.5 Å². The van der Waals surface area contributed by atoms with Crippen LogP contribution >= 0.6 is 0 Å². The molecule has 2 heterocycles. The minimum atomic E-state index is -1.55. The molecule has 0 saturated heterocycles. The van der Waals surface area contributed by atoms with Gasteiger partial charge in [0, 0.05) is 23.7 Å². The van der Waals surface area contributed by atoms with Crippen LogP contribution in [0.15, 0.2) is 58.1 Å². The predicted octanol–water partition coefficient (Wildman–Crippen LogP) is 4.50. The van der Waals surface area contributed by atoms with Gasteiger partial charge in [-0.05, 0) is 61.4 Å². The first-order chi connectivity index (χ1) is 23.0. The normalized spacial score (nSPS) is 17.2. The first-order valence-electron chi connectivity index (χ1n) is 16.4. The molecule has 252 valence electrons. The number of aromatic amines is 2. The second-order valence-corrected chi connectivity index (χ2v) is 13.1. The van der Waals surface area contributed by atoms with Gasteiger partial charge in [-0.2, -0.15) is 0 Å². The molecule has 4 aromatic rings. The quantitative estimate of drug-likeness (QED) is 0.120. The Kier molecular flexibility index (Phi) is 9.22. The van der Waals surface area contributed by atoms with Crippen molar-refractivity contribution in [1.82, 2.24) is 19.9 Å². The zero-order chi connectivity index (χ0) is 34.1. The second kappa shape index (κ2) is 13.4. The summed E-state index contributed by atoms with van der Waals surface area (Å²) in [6.07, 6.45) is 6.69. The summed E-state index contributed by atoms with van der Waals surface area (Å²) in [5, 5.41) is 20.7. The first-order valence-corrected chi connectivity index (χ1v) is 16.4. The number of nitrogens with two attached hydrogens (primary N) is 1. The maximum atomic E-state index is 13.6. The largest absolute Gasteiger partial charge is 0.501 e. The number of aliphatic hydroxyl groups excluding tert-OH is 1. The predicted molar refractivity (Wildman–Crippen MR) is 177 cm³/mol. The zero-order valence-electron chi connectivity index (χ0n) is 27.2. The number of benzene rings is 2. The summed E-state index contributed by atoms with van der Waals surface area (Å²) in [7, 11) is 1.15. The maximum Gasteiger partial charge on any atom is 0.360 e. The summed E-state index contributed by atoms with van der Waals surface area (Å²) in [4.78, 5) is 52.7. The van der Waals surface area contributed by atoms with Crippen molar-refractivity contribution in [2.24, 2.45) is 5.73 Å². The average Bonchev–Trinajstić information content (AvgIpc) is 3.75. The van der Waals surface area contributed by atoms with Crippen molar-refractivity contribution in [3.8, 4) is 17.2 Å². The van der Waals surface area contributed by atoms with Crippen LogP contribution in [0.3, 0.4) is 0 Å². The number of aromatic nitrogens is 4. The molecule has 6 rings (SSSR count). The summed E-state index contributed by atoms with van der Waals surface area (Å²) in [5.74, 6) is -0.855. The van der Waals surface area contributed by atoms with Crippen LogP contribution in [0.25, 0.3) is 0 Å². The molecule has 6 N–H and O–H groups in total. The molecular weight excluding hydrogens is 614 g/mol. The number of hydrogen-bond acceptors (Lipinski definition) is 10. The van der Waals surface area contributed by atoms with Crippen LogP contribution in [0.5, 0.6) is 17.2 Å². The fraction of sp³-hybridized carbons (Fsp3) is 0.417. The van der Waals surface area contributed by atoms with Crippen LogP contribution in [-0.4, -0.2) is 43.2 Å². The summed E-state index contributed by atoms with van der Waals surface area (Å²) in [6.45, 7) is 1.97. The fourth-order valence-electron chi connectivity index (χ4n) is 7.75. The van der Waals surface area contributed by atoms with Gasteiger partial charge in [-0.1, -0.05) is 62.1 Å². The van der Waals surface area contributed by atoms with Crippen LogP contribution in [-0.2, 0) is 28.4 Å². The van der Waals surface area contributed by atoms with E-state index in [9.17, 15) is 24.6 Å². The second-order valence-electron chi connectivity index (χ2n) is 13.1. The lowest BCUT2D eigenvalue weighted by Gasteiger charge is -2.31. The Hall–Kier alpha value is -4.81. The van der Waals surface area contributed by atoms with Crippen molar-refractivity contribution in [2.45, 2.75) is 88.2 Å². The molecule has 2 saturated carbocycles. The Bertz CT molecular complexity index is 1920. The third-order valence-corrected chi connectivity index (χ3v) is 10.1. The molecule has 1 unspecified atom stereocenters. The van der Waals surface area contributed by atoms with Gasteiger partial charge in [0.2, 0.25) is 11.5 Å². The number of nitrogens with zero attached hydrogens (tertiary/aromatic N) is 2. The van der Waals surface area contributed by atoms with Gasteiger partial charge in [0.15, 0.2) is 5.69 Å². The standard InChI is InChI=1S/C36H41N5O7/c1-21-12-13-23(18-24(21)36(16-8-9-17-36)20-26-38-27(34(46)47-2)29(42)32(44)40-26)48-30-28(31(37)43)39-25(41-33(30)45)19-35(14-6-7-15-35)22-10-4-3-5-11-22/h3-5,10-13,18,31,42-43H,6-9,14-17,19-20,37H2,1-2H3,(H,38,40,44)(H,39,41,45). The number of rotatable bonds is 10. The smallest absolute Gasteiger partial charge is 0.360 e. The highest BCUT2D eigenvalue weighted by Gasteiger charge is 2.39. The summed E-state index contributed by atoms with van der Waals surface area (Å²) in [6, 6.07) is 15.7. The number of carbonyl (C=O) groups is 1. The summed E-state index contributed by atoms with van der Waals surface area (Å²) in [5.41, 5.74) is 6.53. The minimum absolute atomic E-state index is 0.0473. The van der Waals surface area contributed by atoms with Crippen LogP contribution in [0.2, 0.25) is 0 Å². The number of aromatic hydroxyl groups is 1. The van der Waals surface area contributed by atoms with Crippen molar-refractivity contribution in [3.63, 3.8) is 0 Å². The summed E-state index contributed by atoms with van der Waals surface area (Å²) < 4.78 is 10.9. The Morgan fingerprint density at radius 1 is 0.917 bits per heavy atom. The lowest BCUT2D eigenvalue weighted by Crippen LogP contribution is -2.30. The van der Waals surface area contributed by atoms with E-state index in [2.05, 4.69) is 32.1 Å². The molecular formula is C36H41N5O7. The Morgan fingerprint density at radius 2 is 1.52 bits per heavy atom. The van der Waals surface area contributed by atoms with E-state index in [4.69, 9.17) is 15.2 Å². The number of aliphatic hydroxyl groups is 1. The third-order valence-electron chi connectivity index (χ3n) is 10.1. The highest BCUT2D eigenvalue weighted by Crippen LogP contribution is 2.46. The molecule has 0 amide bonds. The van der Waals surface area contributed by atoms with E-state index in [0.29, 0.717) is 18.0 Å². The molecule has 2 aliphatic carbocycles. The number of ether oxygens (including phenoxy) is 2. The number of H-pyrrole nitrogens is 2. The number of esters is 1. The first kappa shape index (κ1) is 33.1. The van der Waals surface area contributed by atoms with Crippen LogP contribution in [0.4, 0.5) is 0 Å². The van der Waals surface area contributed by atoms with E-state index in [1.165, 1.54) is 5.56 Å². The van der Waals surface area contributed by atoms with Gasteiger partial charge in [-0.3, -0.25) is 9.59 Å². The highest BCUT2D eigenvalue weighted by atomic mass is 16.5. The van der Waals surface area contributed by atoms with Gasteiger partial charge in [0.05, 0.1) is 7.11 Å². The molecule has 0 radical (unpaired) electrons. The lowest BCUT2D eigenvalue weighted by atomic mass is 9.74. The monoisotopic (exact) mass is 655 g/mol. The number of nitrogens with one attached hydrogen (secondary N) is 2. The Labute approximate surface area is 277 Å². The molecule has 48 heavy (non-hydrogen) atoms.